The van der Waals surface area contributed by atoms with Crippen molar-refractivity contribution in [3.05, 3.63) is 65.4 Å². The number of nitrogens with zero attached hydrogens (tertiary/aromatic N) is 2. The summed E-state index contributed by atoms with van der Waals surface area (Å²) in [4.78, 5) is 12.3. The molecule has 0 saturated carbocycles. The van der Waals surface area contributed by atoms with E-state index in [0.717, 1.165) is 29.2 Å². The fourth-order valence-corrected chi connectivity index (χ4v) is 3.20. The highest BCUT2D eigenvalue weighted by Gasteiger charge is 2.17. The SMILES string of the molecule is COC(=O)c1cc(OC)ccc1Nc1cc(CC(C)C)nn1-c1ccccc1C. The predicted octanol–water partition coefficient (Wildman–Crippen LogP) is 4.92. The number of para-hydroxylation sites is 1. The van der Waals surface area contributed by atoms with Gasteiger partial charge in [0.25, 0.3) is 0 Å². The van der Waals surface area contributed by atoms with Crippen LogP contribution in [-0.4, -0.2) is 30.0 Å². The zero-order valence-corrected chi connectivity index (χ0v) is 17.5. The molecule has 0 amide bonds. The van der Waals surface area contributed by atoms with Crippen LogP contribution in [0.15, 0.2) is 48.5 Å². The van der Waals surface area contributed by atoms with Crippen LogP contribution in [-0.2, 0) is 11.2 Å². The van der Waals surface area contributed by atoms with Gasteiger partial charge in [0.15, 0.2) is 0 Å². The molecule has 0 unspecified atom stereocenters. The van der Waals surface area contributed by atoms with Gasteiger partial charge < -0.3 is 14.8 Å². The van der Waals surface area contributed by atoms with Crippen molar-refractivity contribution in [2.75, 3.05) is 19.5 Å². The number of carbonyl (C=O) groups excluding carboxylic acids is 1. The minimum atomic E-state index is -0.434. The molecule has 0 aliphatic carbocycles. The van der Waals surface area contributed by atoms with Crippen molar-refractivity contribution >= 4 is 17.5 Å². The first-order chi connectivity index (χ1) is 13.9. The van der Waals surface area contributed by atoms with Gasteiger partial charge in [0.1, 0.15) is 11.6 Å². The minimum Gasteiger partial charge on any atom is -0.497 e. The molecule has 0 bridgehead atoms. The Morgan fingerprint density at radius 1 is 1.14 bits per heavy atom. The Hall–Kier alpha value is -3.28. The van der Waals surface area contributed by atoms with Crippen molar-refractivity contribution in [1.29, 1.82) is 0 Å². The van der Waals surface area contributed by atoms with Gasteiger partial charge in [-0.3, -0.25) is 0 Å². The summed E-state index contributed by atoms with van der Waals surface area (Å²) < 4.78 is 12.1. The maximum Gasteiger partial charge on any atom is 0.340 e. The van der Waals surface area contributed by atoms with Gasteiger partial charge in [0, 0.05) is 6.07 Å². The standard InChI is InChI=1S/C23H27N3O3/c1-15(2)12-17-13-22(26(25-17)21-9-7-6-8-16(21)3)24-20-11-10-18(28-4)14-19(20)23(27)29-5/h6-11,13-15,24H,12H2,1-5H3. The van der Waals surface area contributed by atoms with Crippen LogP contribution in [0.1, 0.15) is 35.5 Å². The second-order valence-corrected chi connectivity index (χ2v) is 7.35. The summed E-state index contributed by atoms with van der Waals surface area (Å²) in [5.41, 5.74) is 4.10. The normalized spacial score (nSPS) is 10.8. The van der Waals surface area contributed by atoms with E-state index in [4.69, 9.17) is 14.6 Å². The van der Waals surface area contributed by atoms with E-state index in [2.05, 4.69) is 32.2 Å². The molecule has 0 saturated heterocycles. The van der Waals surface area contributed by atoms with Gasteiger partial charge in [-0.25, -0.2) is 9.48 Å². The predicted molar refractivity (Wildman–Crippen MR) is 114 cm³/mol. The van der Waals surface area contributed by atoms with Crippen LogP contribution in [0.25, 0.3) is 5.69 Å². The molecule has 1 heterocycles. The molecule has 6 heteroatoms. The lowest BCUT2D eigenvalue weighted by Crippen LogP contribution is -2.09. The number of hydrogen-bond donors (Lipinski definition) is 1. The molecule has 0 radical (unpaired) electrons. The van der Waals surface area contributed by atoms with E-state index in [1.165, 1.54) is 7.11 Å². The number of aromatic nitrogens is 2. The maximum absolute atomic E-state index is 12.3. The summed E-state index contributed by atoms with van der Waals surface area (Å²) in [6.45, 7) is 6.38. The summed E-state index contributed by atoms with van der Waals surface area (Å²) in [6.07, 6.45) is 0.861. The fraction of sp³-hybridized carbons (Fsp3) is 0.304. The van der Waals surface area contributed by atoms with Gasteiger partial charge in [-0.15, -0.1) is 0 Å². The molecule has 152 valence electrons. The lowest BCUT2D eigenvalue weighted by molar-refractivity contribution is 0.0601. The number of esters is 1. The first-order valence-corrected chi connectivity index (χ1v) is 9.61. The fourth-order valence-electron chi connectivity index (χ4n) is 3.20. The maximum atomic E-state index is 12.3. The highest BCUT2D eigenvalue weighted by atomic mass is 16.5. The molecular formula is C23H27N3O3. The molecule has 0 aliphatic rings. The molecule has 2 aromatic carbocycles. The smallest absolute Gasteiger partial charge is 0.340 e. The van der Waals surface area contributed by atoms with Gasteiger partial charge in [-0.2, -0.15) is 5.10 Å². The van der Waals surface area contributed by atoms with Crippen molar-refractivity contribution in [3.63, 3.8) is 0 Å². The minimum absolute atomic E-state index is 0.398. The van der Waals surface area contributed by atoms with Crippen molar-refractivity contribution in [2.45, 2.75) is 27.2 Å². The number of anilines is 2. The number of hydrogen-bond acceptors (Lipinski definition) is 5. The molecule has 3 rings (SSSR count). The van der Waals surface area contributed by atoms with Crippen LogP contribution in [0.5, 0.6) is 5.75 Å². The third-order valence-corrected chi connectivity index (χ3v) is 4.62. The number of benzene rings is 2. The summed E-state index contributed by atoms with van der Waals surface area (Å²) in [5.74, 6) is 1.42. The molecule has 1 N–H and O–H groups in total. The number of carbonyl (C=O) groups is 1. The van der Waals surface area contributed by atoms with E-state index in [1.807, 2.05) is 35.0 Å². The quantitative estimate of drug-likeness (QED) is 0.577. The number of rotatable bonds is 7. The molecule has 6 nitrogen and oxygen atoms in total. The largest absolute Gasteiger partial charge is 0.497 e. The Morgan fingerprint density at radius 3 is 2.55 bits per heavy atom. The van der Waals surface area contributed by atoms with Crippen LogP contribution in [0.4, 0.5) is 11.5 Å². The van der Waals surface area contributed by atoms with E-state index >= 15 is 0 Å². The molecule has 0 aliphatic heterocycles. The average Bonchev–Trinajstić information content (AvgIpc) is 3.09. The molecule has 1 aromatic heterocycles. The van der Waals surface area contributed by atoms with Gasteiger partial charge in [-0.05, 0) is 49.1 Å². The van der Waals surface area contributed by atoms with Crippen LogP contribution in [0, 0.1) is 12.8 Å². The van der Waals surface area contributed by atoms with Crippen molar-refractivity contribution in [1.82, 2.24) is 9.78 Å². The Balaban J connectivity index is 2.08. The van der Waals surface area contributed by atoms with Gasteiger partial charge in [-0.1, -0.05) is 32.0 Å². The zero-order valence-electron chi connectivity index (χ0n) is 17.5. The van der Waals surface area contributed by atoms with Crippen molar-refractivity contribution < 1.29 is 14.3 Å². The number of aryl methyl sites for hydroxylation is 1. The summed E-state index contributed by atoms with van der Waals surface area (Å²) in [6, 6.07) is 15.4. The van der Waals surface area contributed by atoms with Crippen molar-refractivity contribution in [3.8, 4) is 11.4 Å². The highest BCUT2D eigenvalue weighted by Crippen LogP contribution is 2.29. The molecular weight excluding hydrogens is 366 g/mol. The molecule has 29 heavy (non-hydrogen) atoms. The molecule has 3 aromatic rings. The Bertz CT molecular complexity index is 1010. The second kappa shape index (κ2) is 8.82. The Morgan fingerprint density at radius 2 is 1.90 bits per heavy atom. The number of ether oxygens (including phenoxy) is 2. The Labute approximate surface area is 171 Å². The monoisotopic (exact) mass is 393 g/mol. The van der Waals surface area contributed by atoms with Gasteiger partial charge in [0.2, 0.25) is 0 Å². The highest BCUT2D eigenvalue weighted by molar-refractivity contribution is 5.97. The summed E-state index contributed by atoms with van der Waals surface area (Å²) in [7, 11) is 2.93. The van der Waals surface area contributed by atoms with Crippen LogP contribution >= 0.6 is 0 Å². The van der Waals surface area contributed by atoms with E-state index in [9.17, 15) is 4.79 Å². The van der Waals surface area contributed by atoms with Crippen LogP contribution in [0.2, 0.25) is 0 Å². The third-order valence-electron chi connectivity index (χ3n) is 4.62. The van der Waals surface area contributed by atoms with Crippen LogP contribution < -0.4 is 10.1 Å². The van der Waals surface area contributed by atoms with Crippen molar-refractivity contribution in [2.24, 2.45) is 5.92 Å². The van der Waals surface area contributed by atoms with Crippen LogP contribution in [0.3, 0.4) is 0 Å². The zero-order chi connectivity index (χ0) is 21.0. The Kier molecular flexibility index (Phi) is 6.22. The molecule has 0 spiro atoms. The van der Waals surface area contributed by atoms with E-state index in [-0.39, 0.29) is 0 Å². The molecule has 0 atom stereocenters. The number of methoxy groups -OCH3 is 2. The average molecular weight is 393 g/mol. The number of nitrogens with one attached hydrogen (secondary N) is 1. The first kappa shape index (κ1) is 20.5. The lowest BCUT2D eigenvalue weighted by atomic mass is 10.1. The van der Waals surface area contributed by atoms with E-state index in [1.54, 1.807) is 19.2 Å². The topological polar surface area (TPSA) is 65.4 Å². The van der Waals surface area contributed by atoms with Gasteiger partial charge >= 0.3 is 5.97 Å². The first-order valence-electron chi connectivity index (χ1n) is 9.61. The lowest BCUT2D eigenvalue weighted by Gasteiger charge is -2.14. The summed E-state index contributed by atoms with van der Waals surface area (Å²) >= 11 is 0. The van der Waals surface area contributed by atoms with E-state index < -0.39 is 5.97 Å². The molecule has 0 fully saturated rings. The summed E-state index contributed by atoms with van der Waals surface area (Å²) in [5, 5.41) is 8.19. The van der Waals surface area contributed by atoms with Gasteiger partial charge in [0.05, 0.1) is 36.9 Å². The van der Waals surface area contributed by atoms with E-state index in [0.29, 0.717) is 22.9 Å². The third kappa shape index (κ3) is 4.59. The second-order valence-electron chi connectivity index (χ2n) is 7.35.